The van der Waals surface area contributed by atoms with Gasteiger partial charge in [-0.1, -0.05) is 109 Å². The zero-order valence-electron chi connectivity index (χ0n) is 23.9. The Morgan fingerprint density at radius 2 is 1.41 bits per heavy atom. The number of allylic oxidation sites excluding steroid dienone is 12. The molecular formula is C41H34. The largest absolute Gasteiger partial charge is 0.0839 e. The van der Waals surface area contributed by atoms with E-state index in [2.05, 4.69) is 117 Å². The van der Waals surface area contributed by atoms with Crippen LogP contribution in [0.4, 0.5) is 0 Å². The third-order valence-corrected chi connectivity index (χ3v) is 10.8. The summed E-state index contributed by atoms with van der Waals surface area (Å²) < 4.78 is 0. The molecule has 2 atom stereocenters. The first-order chi connectivity index (χ1) is 20.2. The molecule has 0 aromatic heterocycles. The van der Waals surface area contributed by atoms with E-state index in [-0.39, 0.29) is 5.41 Å². The fourth-order valence-corrected chi connectivity index (χ4v) is 9.13. The van der Waals surface area contributed by atoms with E-state index < -0.39 is 0 Å². The van der Waals surface area contributed by atoms with Gasteiger partial charge >= 0.3 is 0 Å². The molecule has 0 bridgehead atoms. The molecule has 5 aliphatic rings. The maximum atomic E-state index is 2.59. The summed E-state index contributed by atoms with van der Waals surface area (Å²) >= 11 is 0. The van der Waals surface area contributed by atoms with Crippen molar-refractivity contribution in [1.82, 2.24) is 0 Å². The molecule has 1 spiro atoms. The lowest BCUT2D eigenvalue weighted by molar-refractivity contribution is 0.621. The first-order valence-corrected chi connectivity index (χ1v) is 15.4. The van der Waals surface area contributed by atoms with Crippen molar-refractivity contribution in [2.45, 2.75) is 57.3 Å². The minimum Gasteiger partial charge on any atom is -0.0839 e. The van der Waals surface area contributed by atoms with Crippen molar-refractivity contribution in [2.24, 2.45) is 0 Å². The van der Waals surface area contributed by atoms with Gasteiger partial charge in [-0.2, -0.15) is 0 Å². The second kappa shape index (κ2) is 8.43. The van der Waals surface area contributed by atoms with Crippen LogP contribution in [-0.4, -0.2) is 0 Å². The number of aryl methyl sites for hydroxylation is 1. The summed E-state index contributed by atoms with van der Waals surface area (Å²) in [6.07, 6.45) is 18.1. The van der Waals surface area contributed by atoms with Crippen LogP contribution in [0.2, 0.25) is 0 Å². The summed E-state index contributed by atoms with van der Waals surface area (Å²) in [6, 6.07) is 27.6. The highest BCUT2D eigenvalue weighted by atomic mass is 14.6. The van der Waals surface area contributed by atoms with E-state index in [0.29, 0.717) is 5.92 Å². The third kappa shape index (κ3) is 2.96. The molecule has 41 heavy (non-hydrogen) atoms. The third-order valence-electron chi connectivity index (χ3n) is 10.8. The van der Waals surface area contributed by atoms with Crippen molar-refractivity contribution in [3.8, 4) is 0 Å². The molecular weight excluding hydrogens is 492 g/mol. The standard InChI is InChI=1S/C41H34/c1-25-23-35-39(24-34(25)30-21-19-27-11-3-5-13-29(27)26(30)2)41(38-22-20-28-12-4-6-14-31(28)40(35)38)36-17-9-7-15-32(36)33-16-8-10-18-37(33)41/h3-7,10-15,18-23,34H,8-9,16-17,24H2,1-2H3. The van der Waals surface area contributed by atoms with Crippen molar-refractivity contribution in [2.75, 3.05) is 0 Å². The zero-order valence-corrected chi connectivity index (χ0v) is 23.9. The molecule has 198 valence electrons. The van der Waals surface area contributed by atoms with Crippen LogP contribution in [0, 0.1) is 6.92 Å². The highest BCUT2D eigenvalue weighted by Gasteiger charge is 2.55. The summed E-state index contributed by atoms with van der Waals surface area (Å²) in [5, 5.41) is 5.47. The second-order valence-electron chi connectivity index (χ2n) is 12.7. The summed E-state index contributed by atoms with van der Waals surface area (Å²) in [7, 11) is 0. The SMILES string of the molecule is CC1=CC2=C(CC1c1ccc3ccccc3c1C)C1(C3=C(CCC=C3)C3=C1CCC=C3)c1ccc3ccccc3c12. The van der Waals surface area contributed by atoms with E-state index in [0.717, 1.165) is 32.1 Å². The molecule has 0 saturated heterocycles. The molecule has 0 aliphatic heterocycles. The highest BCUT2D eigenvalue weighted by Crippen LogP contribution is 2.67. The van der Waals surface area contributed by atoms with Gasteiger partial charge in [-0.25, -0.2) is 0 Å². The Balaban J connectivity index is 1.35. The average molecular weight is 527 g/mol. The van der Waals surface area contributed by atoms with Crippen molar-refractivity contribution in [1.29, 1.82) is 0 Å². The number of hydrogen-bond acceptors (Lipinski definition) is 0. The van der Waals surface area contributed by atoms with Gasteiger partial charge < -0.3 is 0 Å². The van der Waals surface area contributed by atoms with E-state index in [1.807, 2.05) is 0 Å². The van der Waals surface area contributed by atoms with Crippen molar-refractivity contribution < 1.29 is 0 Å². The fraction of sp³-hybridized carbons (Fsp3) is 0.220. The van der Waals surface area contributed by atoms with Gasteiger partial charge in [0.2, 0.25) is 0 Å². The Morgan fingerprint density at radius 3 is 2.29 bits per heavy atom. The minimum atomic E-state index is -0.138. The van der Waals surface area contributed by atoms with Gasteiger partial charge in [0.05, 0.1) is 5.41 Å². The molecule has 0 fully saturated rings. The van der Waals surface area contributed by atoms with Crippen LogP contribution in [-0.2, 0) is 5.41 Å². The van der Waals surface area contributed by atoms with Crippen LogP contribution in [0.3, 0.4) is 0 Å². The molecule has 5 aliphatic carbocycles. The van der Waals surface area contributed by atoms with E-state index >= 15 is 0 Å². The molecule has 9 rings (SSSR count). The first kappa shape index (κ1) is 23.5. The van der Waals surface area contributed by atoms with Crippen LogP contribution < -0.4 is 0 Å². The smallest absolute Gasteiger partial charge is 0.0648 e. The van der Waals surface area contributed by atoms with Gasteiger partial charge in [0, 0.05) is 5.92 Å². The number of rotatable bonds is 1. The Bertz CT molecular complexity index is 2030. The molecule has 0 saturated carbocycles. The van der Waals surface area contributed by atoms with Crippen molar-refractivity contribution in [3.63, 3.8) is 0 Å². The van der Waals surface area contributed by atoms with Crippen LogP contribution in [0.5, 0.6) is 0 Å². The van der Waals surface area contributed by atoms with Gasteiger partial charge in [-0.3, -0.25) is 0 Å². The molecule has 0 nitrogen and oxygen atoms in total. The number of fused-ring (bicyclic) bond motifs is 10. The van der Waals surface area contributed by atoms with Gasteiger partial charge in [-0.15, -0.1) is 0 Å². The summed E-state index contributed by atoms with van der Waals surface area (Å²) in [5.74, 6) is 0.385. The van der Waals surface area contributed by atoms with E-state index in [9.17, 15) is 0 Å². The highest BCUT2D eigenvalue weighted by molar-refractivity contribution is 6.05. The van der Waals surface area contributed by atoms with E-state index in [4.69, 9.17) is 0 Å². The van der Waals surface area contributed by atoms with Crippen LogP contribution >= 0.6 is 0 Å². The molecule has 2 unspecified atom stereocenters. The molecule has 4 aromatic rings. The zero-order chi connectivity index (χ0) is 27.3. The van der Waals surface area contributed by atoms with Crippen LogP contribution in [0.25, 0.3) is 27.1 Å². The lowest BCUT2D eigenvalue weighted by Crippen LogP contribution is -2.31. The van der Waals surface area contributed by atoms with E-state index in [1.165, 1.54) is 54.9 Å². The Kier molecular flexibility index (Phi) is 4.84. The maximum absolute atomic E-state index is 2.59. The maximum Gasteiger partial charge on any atom is 0.0648 e. The Hall–Kier alpha value is -4.16. The van der Waals surface area contributed by atoms with Crippen molar-refractivity contribution in [3.05, 3.63) is 159 Å². The average Bonchev–Trinajstić information content (AvgIpc) is 3.48. The second-order valence-corrected chi connectivity index (χ2v) is 12.7. The molecule has 0 N–H and O–H groups in total. The molecule has 0 amide bonds. The Labute approximate surface area is 242 Å². The van der Waals surface area contributed by atoms with Gasteiger partial charge in [-0.05, 0) is 123 Å². The first-order valence-electron chi connectivity index (χ1n) is 15.4. The van der Waals surface area contributed by atoms with Crippen LogP contribution in [0.1, 0.15) is 67.2 Å². The van der Waals surface area contributed by atoms with Crippen molar-refractivity contribution >= 4 is 27.1 Å². The quantitative estimate of drug-likeness (QED) is 0.231. The molecule has 4 aromatic carbocycles. The molecule has 0 radical (unpaired) electrons. The normalized spacial score (nSPS) is 24.3. The topological polar surface area (TPSA) is 0 Å². The Morgan fingerprint density at radius 1 is 0.683 bits per heavy atom. The van der Waals surface area contributed by atoms with Crippen LogP contribution in [0.15, 0.2) is 137 Å². The summed E-state index contributed by atoms with van der Waals surface area (Å²) in [4.78, 5) is 0. The monoisotopic (exact) mass is 526 g/mol. The fourth-order valence-electron chi connectivity index (χ4n) is 9.13. The predicted molar refractivity (Wildman–Crippen MR) is 173 cm³/mol. The molecule has 0 heteroatoms. The van der Waals surface area contributed by atoms with Gasteiger partial charge in [0.1, 0.15) is 0 Å². The number of hydrogen-bond donors (Lipinski definition) is 0. The summed E-state index contributed by atoms with van der Waals surface area (Å²) in [6.45, 7) is 4.72. The minimum absolute atomic E-state index is 0.138. The van der Waals surface area contributed by atoms with Gasteiger partial charge in [0.15, 0.2) is 0 Å². The summed E-state index contributed by atoms with van der Waals surface area (Å²) in [5.41, 5.74) is 16.8. The molecule has 0 heterocycles. The lowest BCUT2D eigenvalue weighted by Gasteiger charge is -2.39. The number of benzene rings is 4. The van der Waals surface area contributed by atoms with E-state index in [1.54, 1.807) is 27.9 Å². The predicted octanol–water partition coefficient (Wildman–Crippen LogP) is 10.7. The van der Waals surface area contributed by atoms with Gasteiger partial charge in [0.25, 0.3) is 0 Å². The lowest BCUT2D eigenvalue weighted by atomic mass is 9.62.